The lowest BCUT2D eigenvalue weighted by atomic mass is 9.82. The zero-order valence-electron chi connectivity index (χ0n) is 18.7. The molecule has 0 saturated carbocycles. The van der Waals surface area contributed by atoms with Crippen LogP contribution in [0.3, 0.4) is 0 Å². The smallest absolute Gasteiger partial charge is 0.290 e. The molecular weight excluding hydrogens is 425 g/mol. The van der Waals surface area contributed by atoms with Gasteiger partial charge in [0.2, 0.25) is 5.95 Å². The minimum absolute atomic E-state index is 0.0907. The van der Waals surface area contributed by atoms with Crippen molar-refractivity contribution in [3.63, 3.8) is 0 Å². The number of hydrogen-bond donors (Lipinski definition) is 2. The van der Waals surface area contributed by atoms with Crippen LogP contribution < -0.4 is 10.5 Å². The molecule has 172 valence electrons. The molecule has 8 heteroatoms. The first-order chi connectivity index (χ1) is 15.8. The number of rotatable bonds is 5. The number of nitrogens with zero attached hydrogens (tertiary/aromatic N) is 2. The largest absolute Gasteiger partial charge is 0.491 e. The van der Waals surface area contributed by atoms with Crippen molar-refractivity contribution in [2.45, 2.75) is 32.4 Å². The summed E-state index contributed by atoms with van der Waals surface area (Å²) in [6.45, 7) is 6.06. The molecule has 1 aromatic heterocycles. The van der Waals surface area contributed by atoms with Gasteiger partial charge in [0.15, 0.2) is 5.54 Å². The lowest BCUT2D eigenvalue weighted by Gasteiger charge is -2.27. The molecule has 0 aliphatic carbocycles. The van der Waals surface area contributed by atoms with E-state index in [1.165, 1.54) is 12.3 Å². The number of aromatic nitrogens is 1. The van der Waals surface area contributed by atoms with Crippen LogP contribution >= 0.6 is 0 Å². The fourth-order valence-corrected chi connectivity index (χ4v) is 3.69. The van der Waals surface area contributed by atoms with Crippen LogP contribution in [0.15, 0.2) is 65.8 Å². The third-order valence-corrected chi connectivity index (χ3v) is 5.15. The number of nitrogens with two attached hydrogens (primary N) is 1. The molecule has 2 heterocycles. The van der Waals surface area contributed by atoms with Crippen LogP contribution in [-0.2, 0) is 15.1 Å². The summed E-state index contributed by atoms with van der Waals surface area (Å²) in [6, 6.07) is 17.2. The van der Waals surface area contributed by atoms with Crippen molar-refractivity contribution >= 4 is 12.5 Å². The quantitative estimate of drug-likeness (QED) is 0.443. The van der Waals surface area contributed by atoms with Gasteiger partial charge in [0.25, 0.3) is 12.5 Å². The van der Waals surface area contributed by atoms with Gasteiger partial charge in [-0.25, -0.2) is 9.98 Å². The van der Waals surface area contributed by atoms with E-state index in [-0.39, 0.29) is 18.6 Å². The van der Waals surface area contributed by atoms with Crippen LogP contribution in [0.5, 0.6) is 5.75 Å². The van der Waals surface area contributed by atoms with Crippen molar-refractivity contribution in [2.24, 2.45) is 10.7 Å². The topological polar surface area (TPSA) is 107 Å². The minimum Gasteiger partial charge on any atom is -0.491 e. The Labute approximate surface area is 191 Å². The van der Waals surface area contributed by atoms with Crippen molar-refractivity contribution in [3.8, 4) is 16.9 Å². The van der Waals surface area contributed by atoms with Gasteiger partial charge in [-0.15, -0.1) is 0 Å². The van der Waals surface area contributed by atoms with Crippen LogP contribution in [0.1, 0.15) is 30.5 Å². The summed E-state index contributed by atoms with van der Waals surface area (Å²) in [5.41, 5.74) is 9.81. The first kappa shape index (κ1) is 23.7. The molecule has 0 saturated heterocycles. The Morgan fingerprint density at radius 3 is 2.45 bits per heavy atom. The molecule has 1 unspecified atom stereocenters. The van der Waals surface area contributed by atoms with Gasteiger partial charge in [0, 0.05) is 11.8 Å². The maximum atomic E-state index is 13.2. The normalized spacial score (nSPS) is 16.9. The van der Waals surface area contributed by atoms with Crippen LogP contribution in [0.4, 0.5) is 4.39 Å². The van der Waals surface area contributed by atoms with E-state index >= 15 is 0 Å². The summed E-state index contributed by atoms with van der Waals surface area (Å²) in [7, 11) is 0. The van der Waals surface area contributed by atoms with Crippen molar-refractivity contribution in [3.05, 3.63) is 83.4 Å². The number of aryl methyl sites for hydroxylation is 1. The predicted molar refractivity (Wildman–Crippen MR) is 124 cm³/mol. The van der Waals surface area contributed by atoms with Gasteiger partial charge in [-0.05, 0) is 73.4 Å². The Kier molecular flexibility index (Phi) is 7.27. The summed E-state index contributed by atoms with van der Waals surface area (Å²) < 4.78 is 24.7. The highest BCUT2D eigenvalue weighted by molar-refractivity contribution is 5.76. The van der Waals surface area contributed by atoms with Crippen LogP contribution in [-0.4, -0.2) is 35.3 Å². The molecular formula is C25H26FN3O4. The third-order valence-electron chi connectivity index (χ3n) is 5.15. The first-order valence-electron chi connectivity index (χ1n) is 10.4. The second-order valence-corrected chi connectivity index (χ2v) is 7.80. The van der Waals surface area contributed by atoms with Gasteiger partial charge >= 0.3 is 0 Å². The average molecular weight is 451 g/mol. The lowest BCUT2D eigenvalue weighted by Crippen LogP contribution is -2.27. The lowest BCUT2D eigenvalue weighted by molar-refractivity contribution is -0.122. The molecule has 3 aromatic rings. The molecule has 7 nitrogen and oxygen atoms in total. The Balaban J connectivity index is 0.000000968. The Morgan fingerprint density at radius 2 is 1.88 bits per heavy atom. The monoisotopic (exact) mass is 451 g/mol. The van der Waals surface area contributed by atoms with E-state index < -0.39 is 11.5 Å². The molecule has 0 amide bonds. The van der Waals surface area contributed by atoms with Crippen LogP contribution in [0.25, 0.3) is 11.1 Å². The Bertz CT molecular complexity index is 1150. The fourth-order valence-electron chi connectivity index (χ4n) is 3.69. The number of carboxylic acid groups (broad SMARTS) is 1. The standard InChI is InChI=1S/C24H24FN3O2.CH2O2/c1-15(2)30-21-9-8-20(11-16(21)3)24(14-29-23(26)28-24)19-6-4-5-17(12-19)18-7-10-22(25)27-13-18;2-1-3/h4-13,15H,14H2,1-3H3,(H2,26,28);1H,(H,2,3). The SMILES string of the molecule is Cc1cc(C2(c3cccc(-c4ccc(F)nc4)c3)COC(N)=N2)ccc1OC(C)C.O=CO. The minimum atomic E-state index is -0.769. The molecule has 2 aromatic carbocycles. The number of amidine groups is 1. The number of hydrogen-bond acceptors (Lipinski definition) is 6. The van der Waals surface area contributed by atoms with Crippen LogP contribution in [0.2, 0.25) is 0 Å². The van der Waals surface area contributed by atoms with Gasteiger partial charge in [-0.1, -0.05) is 24.3 Å². The molecule has 1 atom stereocenters. The van der Waals surface area contributed by atoms with E-state index in [4.69, 9.17) is 30.1 Å². The van der Waals surface area contributed by atoms with E-state index in [2.05, 4.69) is 11.1 Å². The average Bonchev–Trinajstić information content (AvgIpc) is 3.19. The fraction of sp³-hybridized carbons (Fsp3) is 0.240. The summed E-state index contributed by atoms with van der Waals surface area (Å²) in [5.74, 6) is 0.332. The molecule has 0 bridgehead atoms. The summed E-state index contributed by atoms with van der Waals surface area (Å²) >= 11 is 0. The van der Waals surface area contributed by atoms with Gasteiger partial charge < -0.3 is 20.3 Å². The third kappa shape index (κ3) is 5.28. The van der Waals surface area contributed by atoms with Crippen molar-refractivity contribution < 1.29 is 23.8 Å². The van der Waals surface area contributed by atoms with Crippen molar-refractivity contribution in [2.75, 3.05) is 6.61 Å². The summed E-state index contributed by atoms with van der Waals surface area (Å²) in [5, 5.41) is 6.89. The molecule has 3 N–H and O–H groups in total. The van der Waals surface area contributed by atoms with Gasteiger partial charge in [-0.3, -0.25) is 4.79 Å². The van der Waals surface area contributed by atoms with E-state index in [0.29, 0.717) is 6.61 Å². The molecule has 1 aliphatic heterocycles. The highest BCUT2D eigenvalue weighted by Crippen LogP contribution is 2.40. The number of halogens is 1. The predicted octanol–water partition coefficient (Wildman–Crippen LogP) is 4.27. The maximum absolute atomic E-state index is 13.2. The number of aliphatic imine (C=N–C) groups is 1. The highest BCUT2D eigenvalue weighted by atomic mass is 19.1. The first-order valence-corrected chi connectivity index (χ1v) is 10.4. The number of ether oxygens (including phenoxy) is 2. The van der Waals surface area contributed by atoms with E-state index in [1.54, 1.807) is 6.07 Å². The van der Waals surface area contributed by atoms with Crippen LogP contribution in [0, 0.1) is 12.9 Å². The maximum Gasteiger partial charge on any atom is 0.290 e. The second-order valence-electron chi connectivity index (χ2n) is 7.80. The Morgan fingerprint density at radius 1 is 1.15 bits per heavy atom. The molecule has 0 radical (unpaired) electrons. The Hall–Kier alpha value is -3.94. The zero-order valence-corrected chi connectivity index (χ0v) is 18.7. The van der Waals surface area contributed by atoms with E-state index in [9.17, 15) is 4.39 Å². The molecule has 4 rings (SSSR count). The van der Waals surface area contributed by atoms with E-state index in [1.807, 2.05) is 57.2 Å². The van der Waals surface area contributed by atoms with Crippen molar-refractivity contribution in [1.29, 1.82) is 0 Å². The summed E-state index contributed by atoms with van der Waals surface area (Å²) in [6.07, 6.45) is 1.61. The molecule has 33 heavy (non-hydrogen) atoms. The van der Waals surface area contributed by atoms with Gasteiger partial charge in [0.1, 0.15) is 12.4 Å². The second kappa shape index (κ2) is 10.1. The molecule has 0 fully saturated rings. The van der Waals surface area contributed by atoms with E-state index in [0.717, 1.165) is 33.6 Å². The van der Waals surface area contributed by atoms with Crippen molar-refractivity contribution in [1.82, 2.24) is 4.98 Å². The highest BCUT2D eigenvalue weighted by Gasteiger charge is 2.40. The zero-order chi connectivity index (χ0) is 24.0. The van der Waals surface area contributed by atoms with Gasteiger partial charge in [-0.2, -0.15) is 4.39 Å². The summed E-state index contributed by atoms with van der Waals surface area (Å²) in [4.78, 5) is 16.8. The van der Waals surface area contributed by atoms with Gasteiger partial charge in [0.05, 0.1) is 6.10 Å². The number of carbonyl (C=O) groups is 1. The molecule has 0 spiro atoms. The number of benzene rings is 2. The molecule has 1 aliphatic rings. The number of pyridine rings is 1.